The van der Waals surface area contributed by atoms with Gasteiger partial charge in [-0.25, -0.2) is 0 Å². The van der Waals surface area contributed by atoms with Crippen LogP contribution in [0.15, 0.2) is 24.3 Å². The number of carbonyl (C=O) groups is 2. The Morgan fingerprint density at radius 3 is 2.23 bits per heavy atom. The van der Waals surface area contributed by atoms with Crippen molar-refractivity contribution in [2.75, 3.05) is 38.2 Å². The van der Waals surface area contributed by atoms with Crippen molar-refractivity contribution in [3.05, 3.63) is 24.3 Å². The third-order valence-corrected chi connectivity index (χ3v) is 6.71. The highest BCUT2D eigenvalue weighted by atomic mass is 16.5. The van der Waals surface area contributed by atoms with Crippen LogP contribution in [0.3, 0.4) is 0 Å². The Morgan fingerprint density at radius 1 is 1.03 bits per heavy atom. The van der Waals surface area contributed by atoms with Crippen LogP contribution in [-0.2, 0) is 9.59 Å². The predicted octanol–water partition coefficient (Wildman–Crippen LogP) is 3.31. The molecule has 0 aromatic heterocycles. The van der Waals surface area contributed by atoms with Crippen molar-refractivity contribution >= 4 is 17.5 Å². The van der Waals surface area contributed by atoms with Crippen LogP contribution in [0, 0.1) is 17.8 Å². The number of methoxy groups -OCH3 is 1. The number of nitrogens with one attached hydrogen (secondary N) is 1. The lowest BCUT2D eigenvalue weighted by Crippen LogP contribution is -2.57. The molecule has 1 N–H and O–H groups in total. The van der Waals surface area contributed by atoms with Crippen LogP contribution in [0.5, 0.6) is 5.75 Å². The minimum absolute atomic E-state index is 0.0414. The van der Waals surface area contributed by atoms with Gasteiger partial charge in [0.1, 0.15) is 11.8 Å². The Hall–Kier alpha value is -2.24. The molecule has 1 aromatic carbocycles. The molecule has 1 aromatic rings. The number of nitrogens with zero attached hydrogens (tertiary/aromatic N) is 2. The second kappa shape index (κ2) is 10.2. The molecule has 0 radical (unpaired) electrons. The lowest BCUT2D eigenvalue weighted by molar-refractivity contribution is -0.139. The smallest absolute Gasteiger partial charge is 0.245 e. The molecule has 1 aliphatic heterocycles. The van der Waals surface area contributed by atoms with Crippen LogP contribution >= 0.6 is 0 Å². The van der Waals surface area contributed by atoms with Crippen LogP contribution in [0.4, 0.5) is 5.69 Å². The lowest BCUT2D eigenvalue weighted by Gasteiger charge is -2.39. The molecule has 1 aliphatic carbocycles. The summed E-state index contributed by atoms with van der Waals surface area (Å²) >= 11 is 0. The second-order valence-electron chi connectivity index (χ2n) is 9.11. The maximum absolute atomic E-state index is 13.2. The lowest BCUT2D eigenvalue weighted by atomic mass is 9.79. The summed E-state index contributed by atoms with van der Waals surface area (Å²) in [5.41, 5.74) is 1.14. The fraction of sp³-hybridized carbons (Fsp3) is 0.667. The summed E-state index contributed by atoms with van der Waals surface area (Å²) in [5, 5.41) is 3.11. The number of piperazine rings is 1. The first-order valence-electron chi connectivity index (χ1n) is 11.4. The van der Waals surface area contributed by atoms with E-state index in [0.717, 1.165) is 43.8 Å². The largest absolute Gasteiger partial charge is 0.497 e. The van der Waals surface area contributed by atoms with Gasteiger partial charge < -0.3 is 19.9 Å². The topological polar surface area (TPSA) is 61.9 Å². The van der Waals surface area contributed by atoms with E-state index in [4.69, 9.17) is 4.74 Å². The Labute approximate surface area is 180 Å². The number of anilines is 1. The number of ether oxygens (including phenoxy) is 1. The van der Waals surface area contributed by atoms with Crippen molar-refractivity contribution in [3.63, 3.8) is 0 Å². The normalized spacial score (nSPS) is 23.2. The molecule has 2 fully saturated rings. The predicted molar refractivity (Wildman–Crippen MR) is 120 cm³/mol. The monoisotopic (exact) mass is 415 g/mol. The van der Waals surface area contributed by atoms with Gasteiger partial charge in [0.2, 0.25) is 11.8 Å². The van der Waals surface area contributed by atoms with Gasteiger partial charge in [-0.3, -0.25) is 9.59 Å². The van der Waals surface area contributed by atoms with Crippen molar-refractivity contribution in [1.29, 1.82) is 0 Å². The molecule has 6 nitrogen and oxygen atoms in total. The van der Waals surface area contributed by atoms with E-state index in [-0.39, 0.29) is 23.7 Å². The number of amides is 2. The highest BCUT2D eigenvalue weighted by molar-refractivity contribution is 5.89. The van der Waals surface area contributed by atoms with Crippen LogP contribution in [-0.4, -0.2) is 56.0 Å². The maximum atomic E-state index is 13.2. The third kappa shape index (κ3) is 5.27. The Kier molecular flexibility index (Phi) is 7.62. The van der Waals surface area contributed by atoms with Gasteiger partial charge in [-0.2, -0.15) is 0 Å². The third-order valence-electron chi connectivity index (χ3n) is 6.71. The van der Waals surface area contributed by atoms with Gasteiger partial charge in [-0.1, -0.05) is 33.6 Å². The molecule has 1 saturated heterocycles. The fourth-order valence-corrected chi connectivity index (χ4v) is 4.65. The minimum atomic E-state index is -0.445. The molecular formula is C24H37N3O3. The van der Waals surface area contributed by atoms with Gasteiger partial charge >= 0.3 is 0 Å². The quantitative estimate of drug-likeness (QED) is 0.774. The van der Waals surface area contributed by atoms with Crippen LogP contribution < -0.4 is 15.0 Å². The van der Waals surface area contributed by atoms with Crippen LogP contribution in [0.25, 0.3) is 0 Å². The zero-order chi connectivity index (χ0) is 21.7. The summed E-state index contributed by atoms with van der Waals surface area (Å²) in [4.78, 5) is 30.3. The number of benzene rings is 1. The Morgan fingerprint density at radius 2 is 1.67 bits per heavy atom. The standard InChI is InChI=1S/C24H37N3O3/c1-17(2)22(25-23(28)21-8-6-5-7-18(21)3)24(29)27-15-13-26(14-16-27)19-9-11-20(30-4)12-10-19/h9-12,17-18,21-22H,5-8,13-16H2,1-4H3,(H,25,28)/t18-,21-,22+/m0/s1. The van der Waals surface area contributed by atoms with E-state index in [2.05, 4.69) is 29.3 Å². The van der Waals surface area contributed by atoms with Crippen molar-refractivity contribution < 1.29 is 14.3 Å². The summed E-state index contributed by atoms with van der Waals surface area (Å²) in [6.07, 6.45) is 4.35. The molecule has 2 amide bonds. The van der Waals surface area contributed by atoms with Gasteiger partial charge in [0.05, 0.1) is 7.11 Å². The second-order valence-corrected chi connectivity index (χ2v) is 9.11. The number of hydrogen-bond acceptors (Lipinski definition) is 4. The van der Waals surface area contributed by atoms with Crippen molar-refractivity contribution in [2.24, 2.45) is 17.8 Å². The van der Waals surface area contributed by atoms with E-state index in [1.807, 2.05) is 30.9 Å². The first-order chi connectivity index (χ1) is 14.4. The minimum Gasteiger partial charge on any atom is -0.497 e. The van der Waals surface area contributed by atoms with Gasteiger partial charge in [0.25, 0.3) is 0 Å². The summed E-state index contributed by atoms with van der Waals surface area (Å²) < 4.78 is 5.23. The average molecular weight is 416 g/mol. The van der Waals surface area contributed by atoms with E-state index < -0.39 is 6.04 Å². The Balaban J connectivity index is 1.57. The Bertz CT molecular complexity index is 711. The molecule has 30 heavy (non-hydrogen) atoms. The zero-order valence-electron chi connectivity index (χ0n) is 18.9. The molecule has 3 rings (SSSR count). The molecule has 0 spiro atoms. The molecule has 3 atom stereocenters. The summed E-state index contributed by atoms with van der Waals surface area (Å²) in [5.74, 6) is 1.46. The molecule has 6 heteroatoms. The summed E-state index contributed by atoms with van der Waals surface area (Å²) in [6, 6.07) is 7.59. The molecule has 1 heterocycles. The van der Waals surface area contributed by atoms with Gasteiger partial charge in [-0.05, 0) is 48.9 Å². The van der Waals surface area contributed by atoms with Crippen molar-refractivity contribution in [2.45, 2.75) is 52.5 Å². The molecule has 0 bridgehead atoms. The highest BCUT2D eigenvalue weighted by Gasteiger charge is 2.34. The van der Waals surface area contributed by atoms with E-state index in [1.54, 1.807) is 7.11 Å². The van der Waals surface area contributed by atoms with E-state index in [1.165, 1.54) is 6.42 Å². The molecule has 1 saturated carbocycles. The summed E-state index contributed by atoms with van der Waals surface area (Å²) in [7, 11) is 1.66. The maximum Gasteiger partial charge on any atom is 0.245 e. The van der Waals surface area contributed by atoms with Gasteiger partial charge in [-0.15, -0.1) is 0 Å². The number of carbonyl (C=O) groups excluding carboxylic acids is 2. The van der Waals surface area contributed by atoms with E-state index in [0.29, 0.717) is 19.0 Å². The highest BCUT2D eigenvalue weighted by Crippen LogP contribution is 2.30. The molecule has 0 unspecified atom stereocenters. The van der Waals surface area contributed by atoms with Crippen molar-refractivity contribution in [1.82, 2.24) is 10.2 Å². The fourth-order valence-electron chi connectivity index (χ4n) is 4.65. The van der Waals surface area contributed by atoms with E-state index in [9.17, 15) is 9.59 Å². The summed E-state index contributed by atoms with van der Waals surface area (Å²) in [6.45, 7) is 9.11. The van der Waals surface area contributed by atoms with E-state index >= 15 is 0 Å². The first kappa shape index (κ1) is 22.4. The first-order valence-corrected chi connectivity index (χ1v) is 11.4. The molecular weight excluding hydrogens is 378 g/mol. The van der Waals surface area contributed by atoms with Crippen LogP contribution in [0.2, 0.25) is 0 Å². The van der Waals surface area contributed by atoms with Crippen LogP contribution in [0.1, 0.15) is 46.5 Å². The SMILES string of the molecule is COc1ccc(N2CCN(C(=O)[C@H](NC(=O)[C@H]3CCCC[C@@H]3C)C(C)C)CC2)cc1. The van der Waals surface area contributed by atoms with Gasteiger partial charge in [0, 0.05) is 37.8 Å². The zero-order valence-corrected chi connectivity index (χ0v) is 18.9. The average Bonchev–Trinajstić information content (AvgIpc) is 2.77. The van der Waals surface area contributed by atoms with Crippen molar-refractivity contribution in [3.8, 4) is 5.75 Å². The number of hydrogen-bond donors (Lipinski definition) is 1. The van der Waals surface area contributed by atoms with Gasteiger partial charge in [0.15, 0.2) is 0 Å². The molecule has 166 valence electrons. The number of rotatable bonds is 6. The molecule has 2 aliphatic rings.